The first kappa shape index (κ1) is 14.5. The second-order valence-electron chi connectivity index (χ2n) is 5.45. The van der Waals surface area contributed by atoms with Gasteiger partial charge in [0.25, 0.3) is 10.0 Å². The second-order valence-corrected chi connectivity index (χ2v) is 7.14. The number of H-pyrrole nitrogens is 2. The van der Waals surface area contributed by atoms with Crippen molar-refractivity contribution in [3.05, 3.63) is 71.1 Å². The van der Waals surface area contributed by atoms with Gasteiger partial charge in [0.2, 0.25) is 0 Å². The van der Waals surface area contributed by atoms with Gasteiger partial charge in [-0.2, -0.15) is 0 Å². The van der Waals surface area contributed by atoms with Gasteiger partial charge in [-0.1, -0.05) is 30.3 Å². The van der Waals surface area contributed by atoms with Crippen LogP contribution in [-0.2, 0) is 10.0 Å². The first-order valence-corrected chi connectivity index (χ1v) is 8.73. The number of aromatic nitrogens is 2. The quantitative estimate of drug-likeness (QED) is 0.535. The van der Waals surface area contributed by atoms with Crippen LogP contribution in [0.3, 0.4) is 0 Å². The minimum Gasteiger partial charge on any atom is -0.306 e. The van der Waals surface area contributed by atoms with E-state index in [-0.39, 0.29) is 10.6 Å². The summed E-state index contributed by atoms with van der Waals surface area (Å²) in [5.74, 6) is 0. The number of fused-ring (bicyclic) bond motifs is 2. The Morgan fingerprint density at radius 1 is 0.792 bits per heavy atom. The molecule has 3 aromatic carbocycles. The standard InChI is InChI=1S/C17H13N3O3S/c21-17-18-15-8-7-14(10-16(15)19-17)24(22,23)20-13-6-5-11-3-1-2-4-12(11)9-13/h1-10,20H,(H2,18,19,21). The summed E-state index contributed by atoms with van der Waals surface area (Å²) in [5, 5.41) is 1.98. The monoisotopic (exact) mass is 339 g/mol. The Morgan fingerprint density at radius 3 is 2.38 bits per heavy atom. The number of benzene rings is 3. The van der Waals surface area contributed by atoms with Crippen LogP contribution in [0.25, 0.3) is 21.8 Å². The molecule has 1 heterocycles. The molecule has 0 fully saturated rings. The van der Waals surface area contributed by atoms with Crippen LogP contribution in [0.5, 0.6) is 0 Å². The highest BCUT2D eigenvalue weighted by Crippen LogP contribution is 2.22. The van der Waals surface area contributed by atoms with Crippen molar-refractivity contribution in [2.45, 2.75) is 4.90 Å². The van der Waals surface area contributed by atoms with E-state index in [2.05, 4.69) is 14.7 Å². The molecular formula is C17H13N3O3S. The molecular weight excluding hydrogens is 326 g/mol. The van der Waals surface area contributed by atoms with Crippen molar-refractivity contribution in [2.24, 2.45) is 0 Å². The molecule has 4 aromatic rings. The average molecular weight is 339 g/mol. The molecule has 120 valence electrons. The van der Waals surface area contributed by atoms with Crippen molar-refractivity contribution in [2.75, 3.05) is 4.72 Å². The van der Waals surface area contributed by atoms with Crippen LogP contribution in [0.15, 0.2) is 70.4 Å². The highest BCUT2D eigenvalue weighted by Gasteiger charge is 2.15. The molecule has 0 aliphatic carbocycles. The van der Waals surface area contributed by atoms with Gasteiger partial charge in [-0.15, -0.1) is 0 Å². The van der Waals surface area contributed by atoms with E-state index in [9.17, 15) is 13.2 Å². The molecule has 4 rings (SSSR count). The molecule has 6 nitrogen and oxygen atoms in total. The number of hydrogen-bond donors (Lipinski definition) is 3. The van der Waals surface area contributed by atoms with Crippen molar-refractivity contribution in [1.82, 2.24) is 9.97 Å². The van der Waals surface area contributed by atoms with Gasteiger partial charge < -0.3 is 9.97 Å². The molecule has 3 N–H and O–H groups in total. The number of sulfonamides is 1. The fourth-order valence-electron chi connectivity index (χ4n) is 2.65. The molecule has 0 aliphatic rings. The summed E-state index contributed by atoms with van der Waals surface area (Å²) < 4.78 is 27.7. The third-order valence-corrected chi connectivity index (χ3v) is 5.18. The van der Waals surface area contributed by atoms with E-state index in [0.717, 1.165) is 10.8 Å². The molecule has 0 radical (unpaired) electrons. The Hall–Kier alpha value is -3.06. The van der Waals surface area contributed by atoms with Crippen LogP contribution in [0.1, 0.15) is 0 Å². The zero-order chi connectivity index (χ0) is 16.7. The van der Waals surface area contributed by atoms with E-state index in [1.54, 1.807) is 18.2 Å². The number of rotatable bonds is 3. The maximum atomic E-state index is 12.6. The molecule has 24 heavy (non-hydrogen) atoms. The Morgan fingerprint density at radius 2 is 1.54 bits per heavy atom. The van der Waals surface area contributed by atoms with E-state index < -0.39 is 10.0 Å². The van der Waals surface area contributed by atoms with Crippen molar-refractivity contribution in [1.29, 1.82) is 0 Å². The van der Waals surface area contributed by atoms with Crippen LogP contribution in [0.4, 0.5) is 5.69 Å². The van der Waals surface area contributed by atoms with Gasteiger partial charge in [-0.05, 0) is 41.1 Å². The number of imidazole rings is 1. The van der Waals surface area contributed by atoms with E-state index >= 15 is 0 Å². The fourth-order valence-corrected chi connectivity index (χ4v) is 3.72. The normalized spacial score (nSPS) is 11.8. The number of anilines is 1. The molecule has 1 aromatic heterocycles. The molecule has 0 atom stereocenters. The molecule has 7 heteroatoms. The van der Waals surface area contributed by atoms with E-state index in [4.69, 9.17) is 0 Å². The zero-order valence-electron chi connectivity index (χ0n) is 12.4. The minimum absolute atomic E-state index is 0.0819. The van der Waals surface area contributed by atoms with Gasteiger partial charge in [0.05, 0.1) is 15.9 Å². The lowest BCUT2D eigenvalue weighted by Gasteiger charge is -2.09. The van der Waals surface area contributed by atoms with Crippen LogP contribution >= 0.6 is 0 Å². The van der Waals surface area contributed by atoms with Gasteiger partial charge in [-0.25, -0.2) is 13.2 Å². The topological polar surface area (TPSA) is 94.8 Å². The summed E-state index contributed by atoms with van der Waals surface area (Å²) in [7, 11) is -3.75. The fraction of sp³-hybridized carbons (Fsp3) is 0. The molecule has 0 spiro atoms. The van der Waals surface area contributed by atoms with E-state index in [1.807, 2.05) is 30.3 Å². The lowest BCUT2D eigenvalue weighted by molar-refractivity contribution is 0.601. The second kappa shape index (κ2) is 5.24. The summed E-state index contributed by atoms with van der Waals surface area (Å²) >= 11 is 0. The number of nitrogens with one attached hydrogen (secondary N) is 3. The smallest absolute Gasteiger partial charge is 0.306 e. The van der Waals surface area contributed by atoms with Gasteiger partial charge in [-0.3, -0.25) is 4.72 Å². The largest absolute Gasteiger partial charge is 0.323 e. The Kier molecular flexibility index (Phi) is 3.17. The lowest BCUT2D eigenvalue weighted by Crippen LogP contribution is -2.12. The predicted octanol–water partition coefficient (Wildman–Crippen LogP) is 2.81. The third-order valence-electron chi connectivity index (χ3n) is 3.80. The van der Waals surface area contributed by atoms with Crippen LogP contribution in [0, 0.1) is 0 Å². The maximum Gasteiger partial charge on any atom is 0.323 e. The number of hydrogen-bond acceptors (Lipinski definition) is 3. The third kappa shape index (κ3) is 2.55. The Labute approximate surface area is 137 Å². The average Bonchev–Trinajstić information content (AvgIpc) is 2.93. The molecule has 0 aliphatic heterocycles. The predicted molar refractivity (Wildman–Crippen MR) is 93.7 cm³/mol. The molecule has 0 amide bonds. The maximum absolute atomic E-state index is 12.6. The summed E-state index contributed by atoms with van der Waals surface area (Å²) in [4.78, 5) is 16.5. The first-order valence-electron chi connectivity index (χ1n) is 7.25. The van der Waals surface area contributed by atoms with Crippen molar-refractivity contribution < 1.29 is 8.42 Å². The van der Waals surface area contributed by atoms with Gasteiger partial charge in [0, 0.05) is 5.69 Å². The Balaban J connectivity index is 1.73. The van der Waals surface area contributed by atoms with E-state index in [0.29, 0.717) is 16.7 Å². The summed E-state index contributed by atoms with van der Waals surface area (Å²) in [6.07, 6.45) is 0. The molecule has 0 unspecified atom stereocenters. The lowest BCUT2D eigenvalue weighted by atomic mass is 10.1. The van der Waals surface area contributed by atoms with Crippen molar-refractivity contribution in [3.63, 3.8) is 0 Å². The SMILES string of the molecule is O=c1[nH]c2ccc(S(=O)(=O)Nc3ccc4ccccc4c3)cc2[nH]1. The Bertz CT molecular complexity index is 1220. The van der Waals surface area contributed by atoms with Crippen LogP contribution in [-0.4, -0.2) is 18.4 Å². The van der Waals surface area contributed by atoms with Crippen LogP contribution in [0.2, 0.25) is 0 Å². The molecule has 0 bridgehead atoms. The van der Waals surface area contributed by atoms with Crippen molar-refractivity contribution in [3.8, 4) is 0 Å². The van der Waals surface area contributed by atoms with E-state index in [1.165, 1.54) is 12.1 Å². The summed E-state index contributed by atoms with van der Waals surface area (Å²) in [5.41, 5.74) is 1.12. The summed E-state index contributed by atoms with van der Waals surface area (Å²) in [6, 6.07) is 17.5. The molecule has 0 saturated carbocycles. The summed E-state index contributed by atoms with van der Waals surface area (Å²) in [6.45, 7) is 0. The first-order chi connectivity index (χ1) is 11.5. The molecule has 0 saturated heterocycles. The minimum atomic E-state index is -3.75. The number of aromatic amines is 2. The van der Waals surface area contributed by atoms with Crippen molar-refractivity contribution >= 4 is 37.5 Å². The van der Waals surface area contributed by atoms with Gasteiger partial charge in [0.15, 0.2) is 0 Å². The van der Waals surface area contributed by atoms with Crippen LogP contribution < -0.4 is 10.4 Å². The van der Waals surface area contributed by atoms with Gasteiger partial charge in [0.1, 0.15) is 0 Å². The highest BCUT2D eigenvalue weighted by molar-refractivity contribution is 7.92. The zero-order valence-corrected chi connectivity index (χ0v) is 13.2. The highest BCUT2D eigenvalue weighted by atomic mass is 32.2. The van der Waals surface area contributed by atoms with Gasteiger partial charge >= 0.3 is 5.69 Å².